The van der Waals surface area contributed by atoms with Crippen LogP contribution in [0.2, 0.25) is 0 Å². The van der Waals surface area contributed by atoms with Crippen molar-refractivity contribution in [1.82, 2.24) is 0 Å². The Balaban J connectivity index is 2.26. The van der Waals surface area contributed by atoms with E-state index >= 15 is 0 Å². The Labute approximate surface area is 114 Å². The number of alkyl halides is 1. The predicted octanol–water partition coefficient (Wildman–Crippen LogP) is 3.05. The van der Waals surface area contributed by atoms with Gasteiger partial charge >= 0.3 is 0 Å². The van der Waals surface area contributed by atoms with Crippen molar-refractivity contribution in [2.24, 2.45) is 5.92 Å². The van der Waals surface area contributed by atoms with Crippen LogP contribution in [0.15, 0.2) is 22.7 Å². The Kier molecular flexibility index (Phi) is 3.94. The van der Waals surface area contributed by atoms with E-state index in [1.165, 1.54) is 0 Å². The highest BCUT2D eigenvalue weighted by atomic mass is 79.9. The van der Waals surface area contributed by atoms with Crippen LogP contribution in [0.3, 0.4) is 0 Å². The molecule has 1 saturated heterocycles. The van der Waals surface area contributed by atoms with Gasteiger partial charge in [0.25, 0.3) is 0 Å². The van der Waals surface area contributed by atoms with Crippen molar-refractivity contribution in [2.75, 3.05) is 24.4 Å². The average molecular weight is 319 g/mol. The molecule has 1 fully saturated rings. The lowest BCUT2D eigenvalue weighted by molar-refractivity contribution is -0.117. The van der Waals surface area contributed by atoms with Crippen LogP contribution in [-0.4, -0.2) is 25.4 Å². The van der Waals surface area contributed by atoms with Crippen LogP contribution in [0.5, 0.6) is 5.75 Å². The number of hydrogen-bond acceptors (Lipinski definition) is 2. The van der Waals surface area contributed by atoms with Crippen molar-refractivity contribution in [3.63, 3.8) is 0 Å². The third-order valence-corrected chi connectivity index (χ3v) is 3.96. The third-order valence-electron chi connectivity index (χ3n) is 2.87. The summed E-state index contributed by atoms with van der Waals surface area (Å²) in [5.41, 5.74) is 0.864. The lowest BCUT2D eigenvalue weighted by Gasteiger charge is -2.17. The third kappa shape index (κ3) is 2.58. The Bertz CT molecular complexity index is 439. The first-order chi connectivity index (χ1) is 8.15. The second-order valence-electron chi connectivity index (χ2n) is 4.05. The van der Waals surface area contributed by atoms with Gasteiger partial charge in [-0.1, -0.05) is 0 Å². The molecule has 92 valence electrons. The molecule has 17 heavy (non-hydrogen) atoms. The number of carbonyl (C=O) groups excluding carboxylic acids is 1. The Morgan fingerprint density at radius 1 is 1.59 bits per heavy atom. The van der Waals surface area contributed by atoms with E-state index in [1.54, 1.807) is 12.0 Å². The van der Waals surface area contributed by atoms with Gasteiger partial charge in [0.1, 0.15) is 5.75 Å². The van der Waals surface area contributed by atoms with Gasteiger partial charge in [-0.15, -0.1) is 11.6 Å². The van der Waals surface area contributed by atoms with Gasteiger partial charge in [-0.3, -0.25) is 4.79 Å². The zero-order valence-electron chi connectivity index (χ0n) is 9.45. The average Bonchev–Trinajstić information content (AvgIpc) is 2.71. The molecule has 1 amide bonds. The highest BCUT2D eigenvalue weighted by molar-refractivity contribution is 9.10. The Morgan fingerprint density at radius 3 is 2.94 bits per heavy atom. The second-order valence-corrected chi connectivity index (χ2v) is 5.21. The first kappa shape index (κ1) is 12.7. The molecule has 0 bridgehead atoms. The number of methoxy groups -OCH3 is 1. The molecule has 0 aliphatic carbocycles. The fraction of sp³-hybridized carbons (Fsp3) is 0.417. The highest BCUT2D eigenvalue weighted by Crippen LogP contribution is 2.32. The maximum absolute atomic E-state index is 11.8. The highest BCUT2D eigenvalue weighted by Gasteiger charge is 2.30. The monoisotopic (exact) mass is 317 g/mol. The van der Waals surface area contributed by atoms with Gasteiger partial charge in [-0.25, -0.2) is 0 Å². The zero-order chi connectivity index (χ0) is 12.4. The van der Waals surface area contributed by atoms with Gasteiger partial charge < -0.3 is 9.64 Å². The van der Waals surface area contributed by atoms with Gasteiger partial charge in [0.2, 0.25) is 5.91 Å². The van der Waals surface area contributed by atoms with Crippen LogP contribution in [0.25, 0.3) is 0 Å². The minimum absolute atomic E-state index is 0.125. The quantitative estimate of drug-likeness (QED) is 0.802. The minimum Gasteiger partial charge on any atom is -0.495 e. The lowest BCUT2D eigenvalue weighted by Crippen LogP contribution is -2.24. The molecule has 0 aromatic heterocycles. The van der Waals surface area contributed by atoms with Gasteiger partial charge in [-0.2, -0.15) is 0 Å². The van der Waals surface area contributed by atoms with E-state index < -0.39 is 0 Å². The minimum atomic E-state index is 0.125. The van der Waals surface area contributed by atoms with E-state index in [0.717, 1.165) is 15.9 Å². The molecule has 0 N–H and O–H groups in total. The maximum atomic E-state index is 11.8. The van der Waals surface area contributed by atoms with Crippen LogP contribution < -0.4 is 9.64 Å². The van der Waals surface area contributed by atoms with Crippen LogP contribution in [-0.2, 0) is 4.79 Å². The molecular weight excluding hydrogens is 305 g/mol. The van der Waals surface area contributed by atoms with E-state index in [4.69, 9.17) is 16.3 Å². The molecule has 1 aliphatic rings. The Hall–Kier alpha value is -0.740. The zero-order valence-corrected chi connectivity index (χ0v) is 11.8. The number of benzene rings is 1. The molecule has 0 radical (unpaired) electrons. The normalized spacial score (nSPS) is 19.8. The van der Waals surface area contributed by atoms with Crippen molar-refractivity contribution in [2.45, 2.75) is 6.42 Å². The van der Waals surface area contributed by atoms with E-state index in [9.17, 15) is 4.79 Å². The van der Waals surface area contributed by atoms with Gasteiger partial charge in [0.15, 0.2) is 0 Å². The summed E-state index contributed by atoms with van der Waals surface area (Å²) in [6.45, 7) is 0.688. The summed E-state index contributed by atoms with van der Waals surface area (Å²) in [5.74, 6) is 1.62. The molecule has 1 aromatic rings. The summed E-state index contributed by atoms with van der Waals surface area (Å²) >= 11 is 9.19. The topological polar surface area (TPSA) is 29.5 Å². The number of ether oxygens (including phenoxy) is 1. The molecule has 1 aromatic carbocycles. The largest absolute Gasteiger partial charge is 0.495 e. The first-order valence-electron chi connectivity index (χ1n) is 5.35. The maximum Gasteiger partial charge on any atom is 0.227 e. The standard InChI is InChI=1S/C12H13BrClNO2/c1-17-11-5-9(2-3-10(11)13)15-7-8(6-14)4-12(15)16/h2-3,5,8H,4,6-7H2,1H3. The van der Waals surface area contributed by atoms with Crippen LogP contribution in [0.1, 0.15) is 6.42 Å². The molecule has 0 saturated carbocycles. The molecule has 0 spiro atoms. The number of hydrogen-bond donors (Lipinski definition) is 0. The smallest absolute Gasteiger partial charge is 0.227 e. The summed E-state index contributed by atoms with van der Waals surface area (Å²) in [4.78, 5) is 13.6. The predicted molar refractivity (Wildman–Crippen MR) is 71.9 cm³/mol. The van der Waals surface area contributed by atoms with Crippen molar-refractivity contribution >= 4 is 39.1 Å². The summed E-state index contributed by atoms with van der Waals surface area (Å²) in [6, 6.07) is 5.65. The molecule has 1 unspecified atom stereocenters. The summed E-state index contributed by atoms with van der Waals surface area (Å²) in [7, 11) is 1.61. The molecule has 1 heterocycles. The molecule has 1 atom stereocenters. The number of halogens is 2. The van der Waals surface area contributed by atoms with Crippen LogP contribution in [0, 0.1) is 5.92 Å². The van der Waals surface area contributed by atoms with E-state index in [1.807, 2.05) is 18.2 Å². The van der Waals surface area contributed by atoms with Crippen molar-refractivity contribution < 1.29 is 9.53 Å². The summed E-state index contributed by atoms with van der Waals surface area (Å²) in [5, 5.41) is 0. The van der Waals surface area contributed by atoms with Crippen molar-refractivity contribution in [1.29, 1.82) is 0 Å². The van der Waals surface area contributed by atoms with Crippen molar-refractivity contribution in [3.05, 3.63) is 22.7 Å². The number of anilines is 1. The first-order valence-corrected chi connectivity index (χ1v) is 6.68. The fourth-order valence-corrected chi connectivity index (χ4v) is 2.57. The van der Waals surface area contributed by atoms with Crippen LogP contribution >= 0.6 is 27.5 Å². The summed E-state index contributed by atoms with van der Waals surface area (Å²) < 4.78 is 6.10. The SMILES string of the molecule is COc1cc(N2CC(CCl)CC2=O)ccc1Br. The number of nitrogens with zero attached hydrogens (tertiary/aromatic N) is 1. The van der Waals surface area contributed by atoms with Gasteiger partial charge in [0, 0.05) is 30.6 Å². The van der Waals surface area contributed by atoms with E-state index in [2.05, 4.69) is 15.9 Å². The van der Waals surface area contributed by atoms with E-state index in [0.29, 0.717) is 18.8 Å². The molecular formula is C12H13BrClNO2. The number of amides is 1. The molecule has 5 heteroatoms. The van der Waals surface area contributed by atoms with Crippen molar-refractivity contribution in [3.8, 4) is 5.75 Å². The van der Waals surface area contributed by atoms with Gasteiger partial charge in [0.05, 0.1) is 11.6 Å². The fourth-order valence-electron chi connectivity index (χ4n) is 1.95. The van der Waals surface area contributed by atoms with E-state index in [-0.39, 0.29) is 11.8 Å². The number of carbonyl (C=O) groups is 1. The molecule has 1 aliphatic heterocycles. The second kappa shape index (κ2) is 5.27. The summed E-state index contributed by atoms with van der Waals surface area (Å²) in [6.07, 6.45) is 0.530. The molecule has 2 rings (SSSR count). The Morgan fingerprint density at radius 2 is 2.35 bits per heavy atom. The van der Waals surface area contributed by atoms with Crippen LogP contribution in [0.4, 0.5) is 5.69 Å². The number of rotatable bonds is 3. The lowest BCUT2D eigenvalue weighted by atomic mass is 10.1. The van der Waals surface area contributed by atoms with Gasteiger partial charge in [-0.05, 0) is 34.0 Å². The molecule has 3 nitrogen and oxygen atoms in total.